The molecule has 1 aromatic heterocycles. The maximum Gasteiger partial charge on any atom is 0.262 e. The highest BCUT2D eigenvalue weighted by Crippen LogP contribution is 2.25. The van der Waals surface area contributed by atoms with Gasteiger partial charge in [0.25, 0.3) is 5.56 Å². The van der Waals surface area contributed by atoms with Crippen molar-refractivity contribution < 1.29 is 9.59 Å². The Kier molecular flexibility index (Phi) is 6.16. The van der Waals surface area contributed by atoms with E-state index in [-0.39, 0.29) is 29.0 Å². The Labute approximate surface area is 189 Å². The van der Waals surface area contributed by atoms with Gasteiger partial charge in [-0.05, 0) is 62.7 Å². The monoisotopic (exact) mass is 455 g/mol. The van der Waals surface area contributed by atoms with Crippen LogP contribution in [-0.4, -0.2) is 33.5 Å². The average molecular weight is 456 g/mol. The van der Waals surface area contributed by atoms with E-state index in [1.165, 1.54) is 11.8 Å². The quantitative estimate of drug-likeness (QED) is 0.305. The number of aromatic nitrogens is 2. The van der Waals surface area contributed by atoms with Crippen LogP contribution in [0.25, 0.3) is 10.9 Å². The number of halogens is 1. The van der Waals surface area contributed by atoms with Crippen molar-refractivity contribution in [2.24, 2.45) is 0 Å². The van der Waals surface area contributed by atoms with Crippen molar-refractivity contribution >= 4 is 51.6 Å². The number of hydrogen-bond acceptors (Lipinski definition) is 5. The van der Waals surface area contributed by atoms with Crippen LogP contribution >= 0.6 is 23.4 Å². The Bertz CT molecular complexity index is 1220. The third-order valence-corrected chi connectivity index (χ3v) is 6.44. The molecular weight excluding hydrogens is 434 g/mol. The van der Waals surface area contributed by atoms with Gasteiger partial charge in [-0.3, -0.25) is 19.0 Å². The first kappa shape index (κ1) is 21.6. The minimum Gasteiger partial charge on any atom is -0.312 e. The standard InChI is InChI=1S/C23H22ClN3O3S/c1-14(2)27-22(30)18-10-7-16(24)12-19(18)25-23(27)31-13-20(28)15-5-8-17(9-6-15)26-11-3-4-21(26)29/h5-10,12,14H,3-4,11,13H2,1-2H3. The molecule has 1 amide bonds. The van der Waals surface area contributed by atoms with E-state index in [2.05, 4.69) is 4.98 Å². The van der Waals surface area contributed by atoms with E-state index in [1.54, 1.807) is 51.9 Å². The zero-order valence-electron chi connectivity index (χ0n) is 17.3. The first-order valence-corrected chi connectivity index (χ1v) is 11.5. The van der Waals surface area contributed by atoms with Crippen LogP contribution in [0.4, 0.5) is 5.69 Å². The number of fused-ring (bicyclic) bond motifs is 1. The van der Waals surface area contributed by atoms with E-state index in [9.17, 15) is 14.4 Å². The lowest BCUT2D eigenvalue weighted by molar-refractivity contribution is -0.117. The van der Waals surface area contributed by atoms with Crippen LogP contribution in [0.2, 0.25) is 5.02 Å². The van der Waals surface area contributed by atoms with Gasteiger partial charge in [-0.2, -0.15) is 0 Å². The molecule has 0 unspecified atom stereocenters. The largest absolute Gasteiger partial charge is 0.312 e. The van der Waals surface area contributed by atoms with Crippen LogP contribution in [0, 0.1) is 0 Å². The Morgan fingerprint density at radius 3 is 2.55 bits per heavy atom. The van der Waals surface area contributed by atoms with E-state index in [0.29, 0.717) is 39.6 Å². The summed E-state index contributed by atoms with van der Waals surface area (Å²) in [5.41, 5.74) is 1.74. The van der Waals surface area contributed by atoms with Gasteiger partial charge < -0.3 is 4.90 Å². The van der Waals surface area contributed by atoms with E-state index in [0.717, 1.165) is 12.1 Å². The fraction of sp³-hybridized carbons (Fsp3) is 0.304. The molecule has 1 aliphatic rings. The van der Waals surface area contributed by atoms with Crippen molar-refractivity contribution in [1.82, 2.24) is 9.55 Å². The zero-order chi connectivity index (χ0) is 22.1. The summed E-state index contributed by atoms with van der Waals surface area (Å²) in [5.74, 6) is 0.191. The molecule has 2 aromatic carbocycles. The molecule has 6 nitrogen and oxygen atoms in total. The summed E-state index contributed by atoms with van der Waals surface area (Å²) < 4.78 is 1.61. The fourth-order valence-electron chi connectivity index (χ4n) is 3.67. The summed E-state index contributed by atoms with van der Waals surface area (Å²) in [5, 5.41) is 1.49. The van der Waals surface area contributed by atoms with Crippen LogP contribution in [0.3, 0.4) is 0 Å². The highest BCUT2D eigenvalue weighted by Gasteiger charge is 2.22. The highest BCUT2D eigenvalue weighted by atomic mass is 35.5. The molecule has 2 heterocycles. The molecule has 0 bridgehead atoms. The number of benzene rings is 2. The highest BCUT2D eigenvalue weighted by molar-refractivity contribution is 7.99. The molecular formula is C23H22ClN3O3S. The molecule has 1 fully saturated rings. The van der Waals surface area contributed by atoms with Gasteiger partial charge in [0.2, 0.25) is 5.91 Å². The first-order chi connectivity index (χ1) is 14.8. The lowest BCUT2D eigenvalue weighted by atomic mass is 10.1. The van der Waals surface area contributed by atoms with Crippen LogP contribution in [-0.2, 0) is 4.79 Å². The normalized spacial score (nSPS) is 14.1. The van der Waals surface area contributed by atoms with E-state index >= 15 is 0 Å². The molecule has 0 spiro atoms. The van der Waals surface area contributed by atoms with Gasteiger partial charge in [0, 0.05) is 35.3 Å². The van der Waals surface area contributed by atoms with Gasteiger partial charge in [-0.15, -0.1) is 0 Å². The van der Waals surface area contributed by atoms with Gasteiger partial charge in [0.05, 0.1) is 16.7 Å². The van der Waals surface area contributed by atoms with E-state index < -0.39 is 0 Å². The predicted octanol–water partition coefficient (Wildman–Crippen LogP) is 4.73. The number of rotatable bonds is 6. The summed E-state index contributed by atoms with van der Waals surface area (Å²) in [7, 11) is 0. The van der Waals surface area contributed by atoms with Crippen molar-refractivity contribution in [2.45, 2.75) is 37.9 Å². The number of anilines is 1. The second-order valence-electron chi connectivity index (χ2n) is 7.73. The van der Waals surface area contributed by atoms with Crippen LogP contribution in [0.1, 0.15) is 43.1 Å². The summed E-state index contributed by atoms with van der Waals surface area (Å²) in [6, 6.07) is 12.0. The Morgan fingerprint density at radius 2 is 1.90 bits per heavy atom. The zero-order valence-corrected chi connectivity index (χ0v) is 18.9. The summed E-state index contributed by atoms with van der Waals surface area (Å²) in [6.07, 6.45) is 1.43. The number of ketones is 1. The Hall–Kier alpha value is -2.64. The minimum atomic E-state index is -0.147. The molecule has 0 radical (unpaired) electrons. The molecule has 0 atom stereocenters. The number of nitrogens with zero attached hydrogens (tertiary/aromatic N) is 3. The average Bonchev–Trinajstić information content (AvgIpc) is 3.17. The third kappa shape index (κ3) is 4.38. The first-order valence-electron chi connectivity index (χ1n) is 10.1. The number of Topliss-reactive ketones (excluding diaryl/α,β-unsaturated/α-hetero) is 1. The number of carbonyl (C=O) groups excluding carboxylic acids is 2. The predicted molar refractivity (Wildman–Crippen MR) is 124 cm³/mol. The molecule has 160 valence electrons. The summed E-state index contributed by atoms with van der Waals surface area (Å²) in [6.45, 7) is 4.54. The molecule has 8 heteroatoms. The maximum absolute atomic E-state index is 13.0. The van der Waals surface area contributed by atoms with Gasteiger partial charge in [-0.25, -0.2) is 4.98 Å². The van der Waals surface area contributed by atoms with Gasteiger partial charge in [-0.1, -0.05) is 23.4 Å². The number of carbonyl (C=O) groups is 2. The smallest absolute Gasteiger partial charge is 0.262 e. The Morgan fingerprint density at radius 1 is 1.16 bits per heavy atom. The third-order valence-electron chi connectivity index (χ3n) is 5.25. The minimum absolute atomic E-state index is 0.0694. The number of hydrogen-bond donors (Lipinski definition) is 0. The van der Waals surface area contributed by atoms with Gasteiger partial charge >= 0.3 is 0 Å². The van der Waals surface area contributed by atoms with Crippen molar-refractivity contribution in [2.75, 3.05) is 17.2 Å². The summed E-state index contributed by atoms with van der Waals surface area (Å²) >= 11 is 7.31. The maximum atomic E-state index is 13.0. The molecule has 0 saturated carbocycles. The van der Waals surface area contributed by atoms with Crippen molar-refractivity contribution in [3.63, 3.8) is 0 Å². The second kappa shape index (κ2) is 8.85. The molecule has 1 saturated heterocycles. The topological polar surface area (TPSA) is 72.3 Å². The lowest BCUT2D eigenvalue weighted by Gasteiger charge is -2.16. The summed E-state index contributed by atoms with van der Waals surface area (Å²) in [4.78, 5) is 44.0. The molecule has 1 aliphatic heterocycles. The van der Waals surface area contributed by atoms with Crippen LogP contribution in [0.5, 0.6) is 0 Å². The second-order valence-corrected chi connectivity index (χ2v) is 9.11. The van der Waals surface area contributed by atoms with Crippen LogP contribution in [0.15, 0.2) is 52.4 Å². The molecule has 31 heavy (non-hydrogen) atoms. The lowest BCUT2D eigenvalue weighted by Crippen LogP contribution is -2.25. The molecule has 0 aliphatic carbocycles. The van der Waals surface area contributed by atoms with E-state index in [1.807, 2.05) is 13.8 Å². The van der Waals surface area contributed by atoms with Crippen molar-refractivity contribution in [3.8, 4) is 0 Å². The number of amides is 1. The SMILES string of the molecule is CC(C)n1c(SCC(=O)c2ccc(N3CCCC3=O)cc2)nc2cc(Cl)ccc2c1=O. The molecule has 4 rings (SSSR count). The van der Waals surface area contributed by atoms with Gasteiger partial charge in [0.15, 0.2) is 10.9 Å². The van der Waals surface area contributed by atoms with Gasteiger partial charge in [0.1, 0.15) is 0 Å². The molecule has 3 aromatic rings. The van der Waals surface area contributed by atoms with Crippen molar-refractivity contribution in [1.29, 1.82) is 0 Å². The number of thioether (sulfide) groups is 1. The van der Waals surface area contributed by atoms with Crippen LogP contribution < -0.4 is 10.5 Å². The molecule has 0 N–H and O–H groups in total. The fourth-order valence-corrected chi connectivity index (χ4v) is 4.86. The van der Waals surface area contributed by atoms with E-state index in [4.69, 9.17) is 11.6 Å². The van der Waals surface area contributed by atoms with Crippen molar-refractivity contribution in [3.05, 3.63) is 63.4 Å². The Balaban J connectivity index is 1.55.